The van der Waals surface area contributed by atoms with Gasteiger partial charge >= 0.3 is 5.97 Å². The third-order valence-corrected chi connectivity index (χ3v) is 3.17. The van der Waals surface area contributed by atoms with Crippen LogP contribution in [0.2, 0.25) is 5.02 Å². The van der Waals surface area contributed by atoms with Crippen molar-refractivity contribution in [2.45, 2.75) is 19.4 Å². The minimum atomic E-state index is -0.629. The summed E-state index contributed by atoms with van der Waals surface area (Å²) in [6.07, 6.45) is 0.0302. The normalized spacial score (nSPS) is 11.5. The summed E-state index contributed by atoms with van der Waals surface area (Å²) < 4.78 is 4.53. The summed E-state index contributed by atoms with van der Waals surface area (Å²) in [7, 11) is 2.65. The molecule has 8 nitrogen and oxygen atoms in total. The number of amides is 1. The molecule has 22 heavy (non-hydrogen) atoms. The zero-order valence-electron chi connectivity index (χ0n) is 12.3. The number of nitro benzene ring substituents is 1. The number of hydrogen-bond donors (Lipinski definition) is 2. The summed E-state index contributed by atoms with van der Waals surface area (Å²) >= 11 is 5.98. The second-order valence-corrected chi connectivity index (χ2v) is 4.92. The van der Waals surface area contributed by atoms with E-state index in [1.54, 1.807) is 6.92 Å². The molecule has 0 aromatic heterocycles. The van der Waals surface area contributed by atoms with Crippen molar-refractivity contribution in [1.82, 2.24) is 5.32 Å². The molecule has 9 heteroatoms. The summed E-state index contributed by atoms with van der Waals surface area (Å²) in [5.74, 6) is -0.974. The Balaban J connectivity index is 3.14. The molecular formula is C13H16ClN3O5. The number of ether oxygens (including phenoxy) is 1. The summed E-state index contributed by atoms with van der Waals surface area (Å²) in [4.78, 5) is 33.4. The molecule has 0 aliphatic heterocycles. The number of carbonyl (C=O) groups is 2. The van der Waals surface area contributed by atoms with E-state index in [1.807, 2.05) is 0 Å². The molecule has 0 radical (unpaired) electrons. The van der Waals surface area contributed by atoms with Crippen molar-refractivity contribution >= 4 is 34.9 Å². The Morgan fingerprint density at radius 1 is 1.45 bits per heavy atom. The Labute approximate surface area is 131 Å². The van der Waals surface area contributed by atoms with Gasteiger partial charge in [0, 0.05) is 19.2 Å². The molecule has 120 valence electrons. The lowest BCUT2D eigenvalue weighted by molar-refractivity contribution is -0.384. The van der Waals surface area contributed by atoms with Gasteiger partial charge in [0.15, 0.2) is 0 Å². The number of nitrogens with one attached hydrogen (secondary N) is 2. The fourth-order valence-electron chi connectivity index (χ4n) is 1.79. The highest BCUT2D eigenvalue weighted by Gasteiger charge is 2.22. The molecule has 0 heterocycles. The van der Waals surface area contributed by atoms with E-state index in [-0.39, 0.29) is 28.4 Å². The van der Waals surface area contributed by atoms with Crippen LogP contribution in [0.3, 0.4) is 0 Å². The predicted molar refractivity (Wildman–Crippen MR) is 81.2 cm³/mol. The Kier molecular flexibility index (Phi) is 6.11. The monoisotopic (exact) mass is 329 g/mol. The lowest BCUT2D eigenvalue weighted by Gasteiger charge is -2.15. The third-order valence-electron chi connectivity index (χ3n) is 2.86. The third kappa shape index (κ3) is 4.32. The minimum absolute atomic E-state index is 0.00189. The van der Waals surface area contributed by atoms with E-state index in [9.17, 15) is 19.7 Å². The summed E-state index contributed by atoms with van der Waals surface area (Å²) in [5.41, 5.74) is -0.180. The molecular weight excluding hydrogens is 314 g/mol. The first-order valence-electron chi connectivity index (χ1n) is 6.33. The Morgan fingerprint density at radius 3 is 2.59 bits per heavy atom. The maximum atomic E-state index is 11.6. The maximum absolute atomic E-state index is 11.6. The van der Waals surface area contributed by atoms with Gasteiger partial charge in [-0.25, -0.2) is 0 Å². The molecule has 0 aliphatic carbocycles. The van der Waals surface area contributed by atoms with Gasteiger partial charge in [0.2, 0.25) is 0 Å². The van der Waals surface area contributed by atoms with Crippen molar-refractivity contribution in [3.05, 3.63) is 32.8 Å². The average Bonchev–Trinajstić information content (AvgIpc) is 2.45. The highest BCUT2D eigenvalue weighted by atomic mass is 35.5. The SMILES string of the molecule is CNC(=O)c1cc([N+](=O)[O-])c(NC(C)CC(=O)OC)cc1Cl. The summed E-state index contributed by atoms with van der Waals surface area (Å²) in [5, 5.41) is 16.4. The predicted octanol–water partition coefficient (Wildman–Crippen LogP) is 1.97. The van der Waals surface area contributed by atoms with E-state index < -0.39 is 22.8 Å². The quantitative estimate of drug-likeness (QED) is 0.469. The van der Waals surface area contributed by atoms with Gasteiger partial charge in [-0.15, -0.1) is 0 Å². The second kappa shape index (κ2) is 7.60. The molecule has 0 fully saturated rings. The van der Waals surface area contributed by atoms with E-state index in [0.717, 1.165) is 6.07 Å². The van der Waals surface area contributed by atoms with Crippen molar-refractivity contribution in [2.75, 3.05) is 19.5 Å². The second-order valence-electron chi connectivity index (χ2n) is 4.51. The van der Waals surface area contributed by atoms with E-state index >= 15 is 0 Å². The van der Waals surface area contributed by atoms with Crippen LogP contribution in [0.25, 0.3) is 0 Å². The van der Waals surface area contributed by atoms with Gasteiger partial charge in [-0.05, 0) is 13.0 Å². The lowest BCUT2D eigenvalue weighted by Crippen LogP contribution is -2.22. The van der Waals surface area contributed by atoms with Crippen LogP contribution in [0, 0.1) is 10.1 Å². The summed E-state index contributed by atoms with van der Waals surface area (Å²) in [6.45, 7) is 1.67. The molecule has 0 bridgehead atoms. The first-order chi connectivity index (χ1) is 10.3. The highest BCUT2D eigenvalue weighted by molar-refractivity contribution is 6.34. The number of methoxy groups -OCH3 is 1. The van der Waals surface area contributed by atoms with E-state index in [2.05, 4.69) is 15.4 Å². The number of anilines is 1. The van der Waals surface area contributed by atoms with Crippen molar-refractivity contribution in [1.29, 1.82) is 0 Å². The van der Waals surface area contributed by atoms with Crippen molar-refractivity contribution in [3.8, 4) is 0 Å². The molecule has 1 atom stereocenters. The zero-order chi connectivity index (χ0) is 16.9. The van der Waals surface area contributed by atoms with Crippen LogP contribution in [-0.4, -0.2) is 37.0 Å². The van der Waals surface area contributed by atoms with Crippen LogP contribution in [0.15, 0.2) is 12.1 Å². The smallest absolute Gasteiger partial charge is 0.307 e. The topological polar surface area (TPSA) is 111 Å². The Hall–Kier alpha value is -2.35. The average molecular weight is 330 g/mol. The Morgan fingerprint density at radius 2 is 2.09 bits per heavy atom. The Bertz CT molecular complexity index is 606. The van der Waals surface area contributed by atoms with Gasteiger partial charge in [-0.3, -0.25) is 19.7 Å². The standard InChI is InChI=1S/C13H16ClN3O5/c1-7(4-12(18)22-3)16-10-6-9(14)8(13(19)15-2)5-11(10)17(20)21/h5-7,16H,4H2,1-3H3,(H,15,19). The van der Waals surface area contributed by atoms with Crippen molar-refractivity contribution in [2.24, 2.45) is 0 Å². The number of nitro groups is 1. The van der Waals surface area contributed by atoms with Gasteiger partial charge in [-0.2, -0.15) is 0 Å². The number of carbonyl (C=O) groups excluding carboxylic acids is 2. The van der Waals surface area contributed by atoms with Gasteiger partial charge in [0.1, 0.15) is 5.69 Å². The largest absolute Gasteiger partial charge is 0.469 e. The molecule has 1 amide bonds. The van der Waals surface area contributed by atoms with E-state index in [0.29, 0.717) is 0 Å². The number of hydrogen-bond acceptors (Lipinski definition) is 6. The minimum Gasteiger partial charge on any atom is -0.469 e. The molecule has 1 unspecified atom stereocenters. The molecule has 0 saturated carbocycles. The number of nitrogens with zero attached hydrogens (tertiary/aromatic N) is 1. The van der Waals surface area contributed by atoms with Gasteiger partial charge < -0.3 is 15.4 Å². The van der Waals surface area contributed by atoms with Crippen LogP contribution in [0.4, 0.5) is 11.4 Å². The maximum Gasteiger partial charge on any atom is 0.307 e. The van der Waals surface area contributed by atoms with Crippen LogP contribution < -0.4 is 10.6 Å². The van der Waals surface area contributed by atoms with Crippen LogP contribution in [0.1, 0.15) is 23.7 Å². The van der Waals surface area contributed by atoms with Gasteiger partial charge in [-0.1, -0.05) is 11.6 Å². The zero-order valence-corrected chi connectivity index (χ0v) is 13.1. The molecule has 0 saturated heterocycles. The fourth-order valence-corrected chi connectivity index (χ4v) is 2.04. The molecule has 1 rings (SSSR count). The first kappa shape index (κ1) is 17.7. The van der Waals surface area contributed by atoms with Gasteiger partial charge in [0.05, 0.1) is 29.0 Å². The van der Waals surface area contributed by atoms with E-state index in [4.69, 9.17) is 11.6 Å². The molecule has 0 aliphatic rings. The van der Waals surface area contributed by atoms with E-state index in [1.165, 1.54) is 20.2 Å². The number of benzene rings is 1. The molecule has 2 N–H and O–H groups in total. The van der Waals surface area contributed by atoms with Crippen molar-refractivity contribution < 1.29 is 19.2 Å². The van der Waals surface area contributed by atoms with Crippen molar-refractivity contribution in [3.63, 3.8) is 0 Å². The fraction of sp³-hybridized carbons (Fsp3) is 0.385. The molecule has 0 spiro atoms. The molecule has 1 aromatic rings. The highest BCUT2D eigenvalue weighted by Crippen LogP contribution is 2.32. The van der Waals surface area contributed by atoms with Crippen LogP contribution >= 0.6 is 11.6 Å². The van der Waals surface area contributed by atoms with Crippen LogP contribution in [-0.2, 0) is 9.53 Å². The number of esters is 1. The number of rotatable bonds is 6. The van der Waals surface area contributed by atoms with Crippen LogP contribution in [0.5, 0.6) is 0 Å². The first-order valence-corrected chi connectivity index (χ1v) is 6.71. The molecule has 1 aromatic carbocycles. The summed E-state index contributed by atoms with van der Waals surface area (Å²) in [6, 6.07) is 1.97. The lowest BCUT2D eigenvalue weighted by atomic mass is 10.1. The number of halogens is 1. The van der Waals surface area contributed by atoms with Gasteiger partial charge in [0.25, 0.3) is 11.6 Å².